The molecule has 1 rings (SSSR count). The Morgan fingerprint density at radius 3 is 1.44 bits per heavy atom. The molecule has 0 nitrogen and oxygen atoms in total. The van der Waals surface area contributed by atoms with Gasteiger partial charge in [0.25, 0.3) is 0 Å². The zero-order chi connectivity index (χ0) is 6.95. The second-order valence-electron chi connectivity index (χ2n) is 2.32. The molecular formula is C8H18S. The fraction of sp³-hybridized carbons (Fsp3) is 1.00. The second-order valence-corrected chi connectivity index (χ2v) is 3.54. The van der Waals surface area contributed by atoms with E-state index in [0.717, 1.165) is 0 Å². The SMILES string of the molecule is C1CSC1.CCCCC. The van der Waals surface area contributed by atoms with Crippen molar-refractivity contribution >= 4 is 11.8 Å². The van der Waals surface area contributed by atoms with E-state index in [4.69, 9.17) is 0 Å². The van der Waals surface area contributed by atoms with Crippen molar-refractivity contribution < 1.29 is 0 Å². The molecule has 0 aromatic heterocycles. The van der Waals surface area contributed by atoms with Gasteiger partial charge in [-0.05, 0) is 17.9 Å². The normalized spacial score (nSPS) is 15.3. The van der Waals surface area contributed by atoms with Crippen LogP contribution in [-0.2, 0) is 0 Å². The lowest BCUT2D eigenvalue weighted by atomic mass is 10.3. The summed E-state index contributed by atoms with van der Waals surface area (Å²) in [6.45, 7) is 4.42. The molecule has 0 spiro atoms. The number of unbranched alkanes of at least 4 members (excludes halogenated alkanes) is 2. The number of hydrogen-bond acceptors (Lipinski definition) is 1. The van der Waals surface area contributed by atoms with E-state index < -0.39 is 0 Å². The van der Waals surface area contributed by atoms with Crippen LogP contribution in [0.4, 0.5) is 0 Å². The lowest BCUT2D eigenvalue weighted by molar-refractivity contribution is 0.772. The Bertz CT molecular complexity index is 33.8. The zero-order valence-corrected chi connectivity index (χ0v) is 7.47. The molecule has 0 N–H and O–H groups in total. The van der Waals surface area contributed by atoms with Crippen LogP contribution in [0.1, 0.15) is 39.5 Å². The van der Waals surface area contributed by atoms with Crippen LogP contribution in [-0.4, -0.2) is 11.5 Å². The third-order valence-electron chi connectivity index (χ3n) is 1.28. The van der Waals surface area contributed by atoms with Crippen LogP contribution < -0.4 is 0 Å². The highest BCUT2D eigenvalue weighted by molar-refractivity contribution is 8.00. The molecule has 1 heterocycles. The van der Waals surface area contributed by atoms with Crippen LogP contribution in [0.5, 0.6) is 0 Å². The topological polar surface area (TPSA) is 0 Å². The number of hydrogen-bond donors (Lipinski definition) is 0. The molecule has 1 fully saturated rings. The lowest BCUT2D eigenvalue weighted by Crippen LogP contribution is -1.94. The van der Waals surface area contributed by atoms with E-state index >= 15 is 0 Å². The summed E-state index contributed by atoms with van der Waals surface area (Å²) in [5.74, 6) is 2.83. The van der Waals surface area contributed by atoms with Crippen molar-refractivity contribution in [3.8, 4) is 0 Å². The van der Waals surface area contributed by atoms with Gasteiger partial charge in [-0.3, -0.25) is 0 Å². The Kier molecular flexibility index (Phi) is 8.67. The Labute approximate surface area is 63.4 Å². The first-order valence-electron chi connectivity index (χ1n) is 3.99. The summed E-state index contributed by atoms with van der Waals surface area (Å²) in [6.07, 6.45) is 5.54. The lowest BCUT2D eigenvalue weighted by Gasteiger charge is -2.05. The Hall–Kier alpha value is 0.350. The highest BCUT2D eigenvalue weighted by atomic mass is 32.2. The van der Waals surface area contributed by atoms with Crippen molar-refractivity contribution in [3.63, 3.8) is 0 Å². The van der Waals surface area contributed by atoms with Crippen LogP contribution >= 0.6 is 11.8 Å². The molecule has 0 unspecified atom stereocenters. The van der Waals surface area contributed by atoms with Crippen molar-refractivity contribution in [2.24, 2.45) is 0 Å². The van der Waals surface area contributed by atoms with Crippen LogP contribution in [0.25, 0.3) is 0 Å². The zero-order valence-electron chi connectivity index (χ0n) is 6.65. The molecule has 0 aliphatic carbocycles. The molecular weight excluding hydrogens is 128 g/mol. The minimum Gasteiger partial charge on any atom is -0.162 e. The fourth-order valence-electron chi connectivity index (χ4n) is 0.498. The van der Waals surface area contributed by atoms with Gasteiger partial charge in [0.05, 0.1) is 0 Å². The summed E-state index contributed by atoms with van der Waals surface area (Å²) in [5.41, 5.74) is 0. The number of thioether (sulfide) groups is 1. The number of rotatable bonds is 2. The van der Waals surface area contributed by atoms with Crippen LogP contribution in [0.15, 0.2) is 0 Å². The molecule has 1 saturated heterocycles. The molecule has 0 saturated carbocycles. The van der Waals surface area contributed by atoms with Crippen molar-refractivity contribution in [3.05, 3.63) is 0 Å². The van der Waals surface area contributed by atoms with Gasteiger partial charge < -0.3 is 0 Å². The first kappa shape index (κ1) is 9.35. The molecule has 1 aliphatic rings. The summed E-state index contributed by atoms with van der Waals surface area (Å²) >= 11 is 2.04. The van der Waals surface area contributed by atoms with Crippen LogP contribution in [0.3, 0.4) is 0 Å². The van der Waals surface area contributed by atoms with Gasteiger partial charge in [-0.2, -0.15) is 11.8 Å². The van der Waals surface area contributed by atoms with Gasteiger partial charge in [-0.25, -0.2) is 0 Å². The van der Waals surface area contributed by atoms with Crippen molar-refractivity contribution in [2.75, 3.05) is 11.5 Å². The van der Waals surface area contributed by atoms with Gasteiger partial charge >= 0.3 is 0 Å². The monoisotopic (exact) mass is 146 g/mol. The predicted octanol–water partition coefficient (Wildman–Crippen LogP) is 3.32. The quantitative estimate of drug-likeness (QED) is 0.576. The molecule has 0 aromatic carbocycles. The summed E-state index contributed by atoms with van der Waals surface area (Å²) in [4.78, 5) is 0. The Morgan fingerprint density at radius 2 is 1.44 bits per heavy atom. The molecule has 0 bridgehead atoms. The van der Waals surface area contributed by atoms with Gasteiger partial charge in [0, 0.05) is 0 Å². The maximum atomic E-state index is 2.21. The van der Waals surface area contributed by atoms with E-state index in [1.807, 2.05) is 11.8 Å². The third-order valence-corrected chi connectivity index (χ3v) is 2.44. The molecule has 9 heavy (non-hydrogen) atoms. The standard InChI is InChI=1S/C5H12.C3H6S/c1-3-5-4-2;1-2-4-3-1/h3-5H2,1-2H3;1-3H2. The summed E-state index contributed by atoms with van der Waals surface area (Å²) < 4.78 is 0. The molecule has 0 amide bonds. The van der Waals surface area contributed by atoms with Gasteiger partial charge in [0.2, 0.25) is 0 Å². The predicted molar refractivity (Wildman–Crippen MR) is 47.1 cm³/mol. The average Bonchev–Trinajstić information content (AvgIpc) is 1.63. The van der Waals surface area contributed by atoms with Crippen LogP contribution in [0, 0.1) is 0 Å². The van der Waals surface area contributed by atoms with E-state index in [0.29, 0.717) is 0 Å². The van der Waals surface area contributed by atoms with E-state index in [-0.39, 0.29) is 0 Å². The van der Waals surface area contributed by atoms with Crippen molar-refractivity contribution in [2.45, 2.75) is 39.5 Å². The molecule has 0 atom stereocenters. The molecule has 0 aromatic rings. The fourth-order valence-corrected chi connectivity index (χ4v) is 0.787. The smallest absolute Gasteiger partial charge is 0.00597 e. The maximum absolute atomic E-state index is 2.21. The highest BCUT2D eigenvalue weighted by Crippen LogP contribution is 2.14. The van der Waals surface area contributed by atoms with Gasteiger partial charge in [-0.15, -0.1) is 0 Å². The highest BCUT2D eigenvalue weighted by Gasteiger charge is 1.95. The second kappa shape index (κ2) is 8.35. The first-order chi connectivity index (χ1) is 4.41. The van der Waals surface area contributed by atoms with Gasteiger partial charge in [-0.1, -0.05) is 33.1 Å². The first-order valence-corrected chi connectivity index (χ1v) is 5.15. The maximum Gasteiger partial charge on any atom is -0.00597 e. The van der Waals surface area contributed by atoms with E-state index in [1.165, 1.54) is 37.2 Å². The van der Waals surface area contributed by atoms with Gasteiger partial charge in [0.15, 0.2) is 0 Å². The average molecular weight is 146 g/mol. The third kappa shape index (κ3) is 8.35. The van der Waals surface area contributed by atoms with E-state index in [9.17, 15) is 0 Å². The van der Waals surface area contributed by atoms with E-state index in [1.54, 1.807) is 0 Å². The molecule has 56 valence electrons. The summed E-state index contributed by atoms with van der Waals surface area (Å²) in [7, 11) is 0. The van der Waals surface area contributed by atoms with Crippen molar-refractivity contribution in [1.82, 2.24) is 0 Å². The van der Waals surface area contributed by atoms with E-state index in [2.05, 4.69) is 13.8 Å². The summed E-state index contributed by atoms with van der Waals surface area (Å²) in [6, 6.07) is 0. The Morgan fingerprint density at radius 1 is 1.11 bits per heavy atom. The minimum atomic E-state index is 1.34. The van der Waals surface area contributed by atoms with Crippen molar-refractivity contribution in [1.29, 1.82) is 0 Å². The summed E-state index contributed by atoms with van der Waals surface area (Å²) in [5, 5.41) is 0. The minimum absolute atomic E-state index is 1.34. The Balaban J connectivity index is 0.000000144. The molecule has 1 heteroatoms. The molecule has 1 aliphatic heterocycles. The largest absolute Gasteiger partial charge is 0.162 e. The van der Waals surface area contributed by atoms with Gasteiger partial charge in [0.1, 0.15) is 0 Å². The molecule has 0 radical (unpaired) electrons. The van der Waals surface area contributed by atoms with Crippen LogP contribution in [0.2, 0.25) is 0 Å².